The highest BCUT2D eigenvalue weighted by Gasteiger charge is 2.39. The van der Waals surface area contributed by atoms with Crippen LogP contribution in [0.2, 0.25) is 0 Å². The van der Waals surface area contributed by atoms with Gasteiger partial charge in [-0.05, 0) is 51.8 Å². The van der Waals surface area contributed by atoms with Gasteiger partial charge < -0.3 is 20.6 Å². The van der Waals surface area contributed by atoms with E-state index in [-0.39, 0.29) is 5.54 Å². The molecule has 0 aromatic heterocycles. The highest BCUT2D eigenvalue weighted by Crippen LogP contribution is 2.35. The molecular weight excluding hydrogens is 278 g/mol. The topological polar surface area (TPSA) is 81.7 Å². The lowest BCUT2D eigenvalue weighted by Gasteiger charge is -2.47. The molecular formula is C13H25N3O3S. The molecule has 6 nitrogen and oxygen atoms in total. The van der Waals surface area contributed by atoms with E-state index in [9.17, 15) is 9.59 Å². The van der Waals surface area contributed by atoms with Crippen LogP contribution in [-0.4, -0.2) is 66.2 Å². The zero-order chi connectivity index (χ0) is 15.2. The van der Waals surface area contributed by atoms with E-state index < -0.39 is 18.0 Å². The quantitative estimate of drug-likeness (QED) is 0.622. The summed E-state index contributed by atoms with van der Waals surface area (Å²) in [5, 5.41) is 14.4. The Balaban J connectivity index is 2.39. The zero-order valence-corrected chi connectivity index (χ0v) is 13.3. The number of rotatable bonds is 8. The van der Waals surface area contributed by atoms with Gasteiger partial charge in [-0.25, -0.2) is 9.59 Å². The van der Waals surface area contributed by atoms with Gasteiger partial charge >= 0.3 is 12.0 Å². The van der Waals surface area contributed by atoms with Gasteiger partial charge in [0.05, 0.1) is 0 Å². The molecule has 7 heteroatoms. The van der Waals surface area contributed by atoms with Crippen LogP contribution in [0.3, 0.4) is 0 Å². The van der Waals surface area contributed by atoms with E-state index in [4.69, 9.17) is 5.11 Å². The number of carboxylic acids is 1. The van der Waals surface area contributed by atoms with Crippen molar-refractivity contribution in [3.05, 3.63) is 0 Å². The van der Waals surface area contributed by atoms with Gasteiger partial charge in [0.15, 0.2) is 0 Å². The molecule has 1 rings (SSSR count). The van der Waals surface area contributed by atoms with Crippen LogP contribution < -0.4 is 10.6 Å². The lowest BCUT2D eigenvalue weighted by atomic mass is 9.75. The van der Waals surface area contributed by atoms with Crippen molar-refractivity contribution in [2.75, 3.05) is 32.6 Å². The number of hydrogen-bond acceptors (Lipinski definition) is 4. The van der Waals surface area contributed by atoms with Crippen molar-refractivity contribution in [2.24, 2.45) is 0 Å². The molecule has 0 radical (unpaired) electrons. The molecule has 0 heterocycles. The van der Waals surface area contributed by atoms with Gasteiger partial charge in [0.2, 0.25) is 0 Å². The number of urea groups is 1. The van der Waals surface area contributed by atoms with Gasteiger partial charge in [-0.15, -0.1) is 0 Å². The van der Waals surface area contributed by atoms with Crippen LogP contribution in [0.4, 0.5) is 4.79 Å². The first kappa shape index (κ1) is 17.1. The predicted molar refractivity (Wildman–Crippen MR) is 81.2 cm³/mol. The molecule has 0 aliphatic heterocycles. The molecule has 116 valence electrons. The summed E-state index contributed by atoms with van der Waals surface area (Å²) in [6.45, 7) is 0.556. The number of amides is 2. The SMILES string of the molecule is CSCCC(NC(=O)NCC1(N(C)C)CCC1)C(=O)O. The van der Waals surface area contributed by atoms with Gasteiger partial charge in [0, 0.05) is 12.1 Å². The van der Waals surface area contributed by atoms with Gasteiger partial charge in [-0.2, -0.15) is 11.8 Å². The molecule has 20 heavy (non-hydrogen) atoms. The van der Waals surface area contributed by atoms with Gasteiger partial charge in [-0.3, -0.25) is 0 Å². The van der Waals surface area contributed by atoms with Crippen LogP contribution in [0.25, 0.3) is 0 Å². The van der Waals surface area contributed by atoms with Gasteiger partial charge in [0.1, 0.15) is 6.04 Å². The summed E-state index contributed by atoms with van der Waals surface area (Å²) in [7, 11) is 4.02. The molecule has 0 spiro atoms. The van der Waals surface area contributed by atoms with Crippen molar-refractivity contribution >= 4 is 23.8 Å². The van der Waals surface area contributed by atoms with E-state index in [1.807, 2.05) is 20.4 Å². The smallest absolute Gasteiger partial charge is 0.326 e. The number of nitrogens with one attached hydrogen (secondary N) is 2. The maximum atomic E-state index is 11.8. The van der Waals surface area contributed by atoms with Gasteiger partial charge in [-0.1, -0.05) is 0 Å². The average Bonchev–Trinajstić information content (AvgIpc) is 2.32. The molecule has 1 aliphatic rings. The number of nitrogens with zero attached hydrogens (tertiary/aromatic N) is 1. The minimum atomic E-state index is -0.986. The van der Waals surface area contributed by atoms with E-state index in [0.29, 0.717) is 18.7 Å². The van der Waals surface area contributed by atoms with E-state index in [1.54, 1.807) is 11.8 Å². The Morgan fingerprint density at radius 1 is 1.40 bits per heavy atom. The predicted octanol–water partition coefficient (Wildman–Crippen LogP) is 0.976. The summed E-state index contributed by atoms with van der Waals surface area (Å²) in [6, 6.07) is -1.22. The first-order chi connectivity index (χ1) is 9.41. The Morgan fingerprint density at radius 2 is 2.05 bits per heavy atom. The third-order valence-electron chi connectivity index (χ3n) is 4.03. The fraction of sp³-hybridized carbons (Fsp3) is 0.846. The summed E-state index contributed by atoms with van der Waals surface area (Å²) in [6.07, 6.45) is 5.65. The number of aliphatic carboxylic acids is 1. The van der Waals surface area contributed by atoms with Crippen LogP contribution in [0.15, 0.2) is 0 Å². The van der Waals surface area contributed by atoms with E-state index >= 15 is 0 Å². The van der Waals surface area contributed by atoms with Crippen LogP contribution in [0, 0.1) is 0 Å². The van der Waals surface area contributed by atoms with E-state index in [0.717, 1.165) is 12.8 Å². The largest absolute Gasteiger partial charge is 0.480 e. The maximum absolute atomic E-state index is 11.8. The molecule has 0 bridgehead atoms. The Bertz CT molecular complexity index is 346. The molecule has 1 aliphatic carbocycles. The number of thioether (sulfide) groups is 1. The Kier molecular flexibility index (Phi) is 6.61. The normalized spacial score (nSPS) is 18.2. The summed E-state index contributed by atoms with van der Waals surface area (Å²) in [4.78, 5) is 25.0. The van der Waals surface area contributed by atoms with Crippen molar-refractivity contribution in [1.29, 1.82) is 0 Å². The minimum Gasteiger partial charge on any atom is -0.480 e. The van der Waals surface area contributed by atoms with E-state index in [2.05, 4.69) is 15.5 Å². The van der Waals surface area contributed by atoms with E-state index in [1.165, 1.54) is 6.42 Å². The fourth-order valence-electron chi connectivity index (χ4n) is 2.31. The average molecular weight is 303 g/mol. The molecule has 0 aromatic carbocycles. The molecule has 0 saturated heterocycles. The third-order valence-corrected chi connectivity index (χ3v) is 4.67. The Hall–Kier alpha value is -0.950. The molecule has 2 amide bonds. The van der Waals surface area contributed by atoms with Crippen molar-refractivity contribution in [2.45, 2.75) is 37.3 Å². The highest BCUT2D eigenvalue weighted by atomic mass is 32.2. The van der Waals surface area contributed by atoms with Crippen LogP contribution in [0.5, 0.6) is 0 Å². The van der Waals surface area contributed by atoms with Crippen molar-refractivity contribution in [3.63, 3.8) is 0 Å². The molecule has 0 aromatic rings. The van der Waals surface area contributed by atoms with Crippen molar-refractivity contribution < 1.29 is 14.7 Å². The molecule has 1 atom stereocenters. The summed E-state index contributed by atoms with van der Waals surface area (Å²) in [5.41, 5.74) is 0.0370. The summed E-state index contributed by atoms with van der Waals surface area (Å²) in [5.74, 6) is -0.279. The second kappa shape index (κ2) is 7.73. The monoisotopic (exact) mass is 303 g/mol. The summed E-state index contributed by atoms with van der Waals surface area (Å²) >= 11 is 1.57. The molecule has 3 N–H and O–H groups in total. The number of likely N-dealkylation sites (N-methyl/N-ethyl adjacent to an activating group) is 1. The summed E-state index contributed by atoms with van der Waals surface area (Å²) < 4.78 is 0. The van der Waals surface area contributed by atoms with Gasteiger partial charge in [0.25, 0.3) is 0 Å². The Labute approximate surface area is 124 Å². The van der Waals surface area contributed by atoms with Crippen molar-refractivity contribution in [3.8, 4) is 0 Å². The highest BCUT2D eigenvalue weighted by molar-refractivity contribution is 7.98. The number of hydrogen-bond donors (Lipinski definition) is 3. The molecule has 1 fully saturated rings. The third kappa shape index (κ3) is 4.56. The maximum Gasteiger partial charge on any atom is 0.326 e. The first-order valence-corrected chi connectivity index (χ1v) is 8.24. The molecule has 1 saturated carbocycles. The molecule has 1 unspecified atom stereocenters. The lowest BCUT2D eigenvalue weighted by Crippen LogP contribution is -2.59. The first-order valence-electron chi connectivity index (χ1n) is 6.85. The van der Waals surface area contributed by atoms with Crippen LogP contribution in [-0.2, 0) is 4.79 Å². The standard InChI is InChI=1S/C13H25N3O3S/c1-16(2)13(6-4-7-13)9-14-12(19)15-10(11(17)18)5-8-20-3/h10H,4-9H2,1-3H3,(H,17,18)(H2,14,15,19). The van der Waals surface area contributed by atoms with Crippen LogP contribution in [0.1, 0.15) is 25.7 Å². The minimum absolute atomic E-state index is 0.0370. The second-order valence-corrected chi connectivity index (χ2v) is 6.46. The van der Waals surface area contributed by atoms with Crippen molar-refractivity contribution in [1.82, 2.24) is 15.5 Å². The Morgan fingerprint density at radius 3 is 2.45 bits per heavy atom. The number of carboxylic acid groups (broad SMARTS) is 1. The number of carbonyl (C=O) groups is 2. The second-order valence-electron chi connectivity index (χ2n) is 5.47. The van der Waals surface area contributed by atoms with Crippen LogP contribution >= 0.6 is 11.8 Å². The number of carbonyl (C=O) groups excluding carboxylic acids is 1. The fourth-order valence-corrected chi connectivity index (χ4v) is 2.79. The zero-order valence-electron chi connectivity index (χ0n) is 12.4. The lowest BCUT2D eigenvalue weighted by molar-refractivity contribution is -0.139.